The third kappa shape index (κ3) is 10.9. The van der Waals surface area contributed by atoms with E-state index in [4.69, 9.17) is 4.74 Å². The predicted molar refractivity (Wildman–Crippen MR) is 192 cm³/mol. The molecule has 2 heterocycles. The summed E-state index contributed by atoms with van der Waals surface area (Å²) in [7, 11) is 0. The smallest absolute Gasteiger partial charge is 0.225 e. The van der Waals surface area contributed by atoms with Crippen molar-refractivity contribution in [2.45, 2.75) is 164 Å². The minimum atomic E-state index is 0.138. The summed E-state index contributed by atoms with van der Waals surface area (Å²) in [5, 5.41) is 7.38. The first-order valence-corrected chi connectivity index (χ1v) is 18.9. The van der Waals surface area contributed by atoms with Crippen molar-refractivity contribution < 1.29 is 14.3 Å². The minimum Gasteiger partial charge on any atom is -0.380 e. The number of nitrogens with one attached hydrogen (secondary N) is 2. The number of rotatable bonds is 13. The number of carbonyl (C=O) groups excluding carboxylic acids is 2. The molecule has 7 nitrogen and oxygen atoms in total. The lowest BCUT2D eigenvalue weighted by atomic mass is 9.59. The van der Waals surface area contributed by atoms with Gasteiger partial charge in [-0.2, -0.15) is 0 Å². The average Bonchev–Trinajstić information content (AvgIpc) is 2.97. The van der Waals surface area contributed by atoms with E-state index in [1.165, 1.54) is 0 Å². The van der Waals surface area contributed by atoms with Crippen molar-refractivity contribution in [2.75, 3.05) is 45.9 Å². The van der Waals surface area contributed by atoms with Gasteiger partial charge >= 0.3 is 0 Å². The Balaban J connectivity index is 1.28. The molecule has 7 heteroatoms. The van der Waals surface area contributed by atoms with Crippen LogP contribution < -0.4 is 10.6 Å². The lowest BCUT2D eigenvalue weighted by molar-refractivity contribution is -0.140. The molecule has 0 aromatic heterocycles. The maximum atomic E-state index is 13.4. The molecule has 3 rings (SSSR count). The number of amides is 2. The third-order valence-corrected chi connectivity index (χ3v) is 13.0. The quantitative estimate of drug-likeness (QED) is 0.204. The SMILES string of the molecule is CC(CCC(C)(C)C1(C)CCN(C(=O)[C@H]2CC[C@H](NC(C)(C)C)CC2)CC1)NCCOCCC(=O)N1CCC(C)(C(C)(C)C)CC1. The Kier molecular flexibility index (Phi) is 13.7. The first-order chi connectivity index (χ1) is 21.3. The van der Waals surface area contributed by atoms with Crippen LogP contribution in [0, 0.1) is 27.6 Å². The minimum absolute atomic E-state index is 0.138. The lowest BCUT2D eigenvalue weighted by Crippen LogP contribution is -2.50. The molecule has 0 aromatic rings. The molecule has 1 saturated carbocycles. The van der Waals surface area contributed by atoms with E-state index in [1.54, 1.807) is 0 Å². The van der Waals surface area contributed by atoms with Crippen molar-refractivity contribution >= 4 is 11.8 Å². The van der Waals surface area contributed by atoms with Gasteiger partial charge in [0.25, 0.3) is 0 Å². The van der Waals surface area contributed by atoms with Crippen LogP contribution in [-0.2, 0) is 14.3 Å². The Morgan fingerprint density at radius 3 is 1.89 bits per heavy atom. The predicted octanol–water partition coefficient (Wildman–Crippen LogP) is 7.43. The standard InChI is InChI=1S/C39H74N4O3/c1-30(40-23-29-46-28-17-33(44)42-24-19-38(10,20-25-42)35(2,3)4)16-18-37(8,9)39(11)21-26-43(27-22-39)34(45)31-12-14-32(15-13-31)41-36(5,6)7/h30-32,40-41H,12-29H2,1-11H3/t30?,31-,32-. The van der Waals surface area contributed by atoms with E-state index in [0.29, 0.717) is 43.0 Å². The van der Waals surface area contributed by atoms with Crippen LogP contribution >= 0.6 is 0 Å². The average molecular weight is 647 g/mol. The van der Waals surface area contributed by atoms with E-state index >= 15 is 0 Å². The highest BCUT2D eigenvalue weighted by atomic mass is 16.5. The number of ether oxygens (including phenoxy) is 1. The molecule has 3 aliphatic rings. The monoisotopic (exact) mass is 647 g/mol. The van der Waals surface area contributed by atoms with Gasteiger partial charge in [0.15, 0.2) is 0 Å². The van der Waals surface area contributed by atoms with Crippen LogP contribution in [0.25, 0.3) is 0 Å². The van der Waals surface area contributed by atoms with Crippen molar-refractivity contribution in [3.05, 3.63) is 0 Å². The molecule has 46 heavy (non-hydrogen) atoms. The molecule has 0 bridgehead atoms. The lowest BCUT2D eigenvalue weighted by Gasteiger charge is -2.50. The molecule has 2 N–H and O–H groups in total. The normalized spacial score (nSPS) is 24.9. The zero-order valence-corrected chi connectivity index (χ0v) is 32.1. The molecule has 1 aliphatic carbocycles. The number of piperidine rings is 2. The Bertz CT molecular complexity index is 957. The van der Waals surface area contributed by atoms with Crippen LogP contribution in [0.5, 0.6) is 0 Å². The third-order valence-electron chi connectivity index (χ3n) is 13.0. The maximum Gasteiger partial charge on any atom is 0.225 e. The second kappa shape index (κ2) is 16.0. The number of carbonyl (C=O) groups is 2. The number of likely N-dealkylation sites (tertiary alicyclic amines) is 2. The Morgan fingerprint density at radius 1 is 0.804 bits per heavy atom. The van der Waals surface area contributed by atoms with Gasteiger partial charge in [0.05, 0.1) is 19.6 Å². The Labute approximate surface area is 284 Å². The van der Waals surface area contributed by atoms with E-state index < -0.39 is 0 Å². The maximum absolute atomic E-state index is 13.4. The van der Waals surface area contributed by atoms with Gasteiger partial charge in [-0.15, -0.1) is 0 Å². The highest BCUT2D eigenvalue weighted by Crippen LogP contribution is 2.50. The molecule has 1 unspecified atom stereocenters. The molecule has 2 amide bonds. The second-order valence-corrected chi connectivity index (χ2v) is 18.7. The molecule has 268 valence electrons. The Morgan fingerprint density at radius 2 is 1.35 bits per heavy atom. The highest BCUT2D eigenvalue weighted by molar-refractivity contribution is 5.79. The Hall–Kier alpha value is -1.18. The zero-order valence-electron chi connectivity index (χ0n) is 32.1. The summed E-state index contributed by atoms with van der Waals surface area (Å²) in [5.41, 5.74) is 1.17. The fourth-order valence-electron chi connectivity index (χ4n) is 8.03. The van der Waals surface area contributed by atoms with Crippen molar-refractivity contribution in [3.63, 3.8) is 0 Å². The first kappa shape index (κ1) is 39.3. The number of hydrogen-bond acceptors (Lipinski definition) is 5. The summed E-state index contributed by atoms with van der Waals surface area (Å²) in [5.74, 6) is 0.861. The van der Waals surface area contributed by atoms with Crippen LogP contribution in [-0.4, -0.2) is 85.2 Å². The first-order valence-electron chi connectivity index (χ1n) is 18.9. The molecule has 0 radical (unpaired) electrons. The van der Waals surface area contributed by atoms with Gasteiger partial charge in [-0.05, 0) is 114 Å². The van der Waals surface area contributed by atoms with Crippen LogP contribution in [0.2, 0.25) is 0 Å². The molecule has 2 aliphatic heterocycles. The molecule has 0 spiro atoms. The number of nitrogens with zero attached hydrogens (tertiary/aromatic N) is 2. The molecule has 1 atom stereocenters. The summed E-state index contributed by atoms with van der Waals surface area (Å²) in [6.07, 6.45) is 11.4. The van der Waals surface area contributed by atoms with E-state index in [0.717, 1.165) is 96.9 Å². The van der Waals surface area contributed by atoms with Gasteiger partial charge in [-0.25, -0.2) is 0 Å². The van der Waals surface area contributed by atoms with Crippen LogP contribution in [0.4, 0.5) is 0 Å². The molecule has 3 fully saturated rings. The van der Waals surface area contributed by atoms with Gasteiger partial charge in [0.1, 0.15) is 0 Å². The van der Waals surface area contributed by atoms with Crippen LogP contribution in [0.1, 0.15) is 147 Å². The van der Waals surface area contributed by atoms with Gasteiger partial charge in [0, 0.05) is 56.3 Å². The highest BCUT2D eigenvalue weighted by Gasteiger charge is 2.44. The summed E-state index contributed by atoms with van der Waals surface area (Å²) in [4.78, 5) is 30.4. The van der Waals surface area contributed by atoms with Crippen molar-refractivity contribution in [1.82, 2.24) is 20.4 Å². The fourth-order valence-corrected chi connectivity index (χ4v) is 8.03. The summed E-state index contributed by atoms with van der Waals surface area (Å²) in [6, 6.07) is 0.966. The van der Waals surface area contributed by atoms with Gasteiger partial charge < -0.3 is 25.2 Å². The van der Waals surface area contributed by atoms with E-state index in [-0.39, 0.29) is 33.6 Å². The van der Waals surface area contributed by atoms with E-state index in [9.17, 15) is 9.59 Å². The van der Waals surface area contributed by atoms with Crippen molar-refractivity contribution in [3.8, 4) is 0 Å². The molecule has 0 aromatic carbocycles. The fraction of sp³-hybridized carbons (Fsp3) is 0.949. The zero-order chi connectivity index (χ0) is 34.4. The summed E-state index contributed by atoms with van der Waals surface area (Å²) < 4.78 is 5.85. The van der Waals surface area contributed by atoms with Crippen molar-refractivity contribution in [2.24, 2.45) is 27.6 Å². The summed E-state index contributed by atoms with van der Waals surface area (Å²) >= 11 is 0. The molecule has 2 saturated heterocycles. The second-order valence-electron chi connectivity index (χ2n) is 18.7. The number of hydrogen-bond donors (Lipinski definition) is 2. The topological polar surface area (TPSA) is 73.9 Å². The van der Waals surface area contributed by atoms with Gasteiger partial charge in [-0.3, -0.25) is 9.59 Å². The van der Waals surface area contributed by atoms with Crippen LogP contribution in [0.15, 0.2) is 0 Å². The molecular formula is C39H74N4O3. The van der Waals surface area contributed by atoms with E-state index in [1.807, 2.05) is 4.90 Å². The van der Waals surface area contributed by atoms with Gasteiger partial charge in [-0.1, -0.05) is 48.5 Å². The summed E-state index contributed by atoms with van der Waals surface area (Å²) in [6.45, 7) is 31.1. The molecular weight excluding hydrogens is 572 g/mol. The van der Waals surface area contributed by atoms with E-state index in [2.05, 4.69) is 91.7 Å². The largest absolute Gasteiger partial charge is 0.380 e. The van der Waals surface area contributed by atoms with Gasteiger partial charge in [0.2, 0.25) is 11.8 Å². The van der Waals surface area contributed by atoms with Crippen LogP contribution in [0.3, 0.4) is 0 Å². The van der Waals surface area contributed by atoms with Crippen molar-refractivity contribution in [1.29, 1.82) is 0 Å².